The van der Waals surface area contributed by atoms with Gasteiger partial charge in [0.05, 0.1) is 0 Å². The summed E-state index contributed by atoms with van der Waals surface area (Å²) in [4.78, 5) is 0. The molecule has 2 aromatic rings. The lowest BCUT2D eigenvalue weighted by Crippen LogP contribution is -2.00. The predicted octanol–water partition coefficient (Wildman–Crippen LogP) is 3.97. The van der Waals surface area contributed by atoms with Crippen molar-refractivity contribution in [2.24, 2.45) is 0 Å². The first-order valence-corrected chi connectivity index (χ1v) is 6.23. The van der Waals surface area contributed by atoms with Crippen molar-refractivity contribution in [2.75, 3.05) is 5.73 Å². The fourth-order valence-corrected chi connectivity index (χ4v) is 1.93. The molecule has 2 N–H and O–H groups in total. The maximum absolute atomic E-state index is 5.88. The molecule has 94 valence electrons. The first kappa shape index (κ1) is 12.5. The summed E-state index contributed by atoms with van der Waals surface area (Å²) in [6.45, 7) is 4.89. The normalized spacial score (nSPS) is 10.6. The molecule has 0 atom stereocenters. The number of nitrogen functional groups attached to an aromatic ring is 1. The van der Waals surface area contributed by atoms with Crippen LogP contribution in [0.15, 0.2) is 48.5 Å². The van der Waals surface area contributed by atoms with Gasteiger partial charge in [0.15, 0.2) is 0 Å². The van der Waals surface area contributed by atoms with E-state index in [1.807, 2.05) is 42.5 Å². The second kappa shape index (κ2) is 5.58. The van der Waals surface area contributed by atoms with Crippen LogP contribution >= 0.6 is 0 Å². The highest BCUT2D eigenvalue weighted by Crippen LogP contribution is 2.26. The standard InChI is InChI=1S/C16H19NO/c1-12(2)15-8-3-4-9-16(15)18-11-13-6-5-7-14(17)10-13/h3-10,12H,11,17H2,1-2H3. The number of hydrogen-bond donors (Lipinski definition) is 1. The summed E-state index contributed by atoms with van der Waals surface area (Å²) in [6.07, 6.45) is 0. The third kappa shape index (κ3) is 3.04. The second-order valence-corrected chi connectivity index (χ2v) is 4.73. The van der Waals surface area contributed by atoms with Crippen molar-refractivity contribution < 1.29 is 4.74 Å². The topological polar surface area (TPSA) is 35.2 Å². The van der Waals surface area contributed by atoms with Crippen molar-refractivity contribution in [3.8, 4) is 5.75 Å². The van der Waals surface area contributed by atoms with Gasteiger partial charge >= 0.3 is 0 Å². The molecular formula is C16H19NO. The molecule has 0 fully saturated rings. The molecule has 2 nitrogen and oxygen atoms in total. The zero-order valence-corrected chi connectivity index (χ0v) is 10.9. The van der Waals surface area contributed by atoms with Crippen LogP contribution in [0.25, 0.3) is 0 Å². The van der Waals surface area contributed by atoms with E-state index in [2.05, 4.69) is 19.9 Å². The summed E-state index contributed by atoms with van der Waals surface area (Å²) < 4.78 is 5.88. The largest absolute Gasteiger partial charge is 0.489 e. The minimum Gasteiger partial charge on any atom is -0.489 e. The minimum atomic E-state index is 0.460. The summed E-state index contributed by atoms with van der Waals surface area (Å²) in [6, 6.07) is 16.0. The van der Waals surface area contributed by atoms with Gasteiger partial charge in [-0.1, -0.05) is 44.2 Å². The average molecular weight is 241 g/mol. The molecule has 0 heterocycles. The summed E-state index contributed by atoms with van der Waals surface area (Å²) >= 11 is 0. The van der Waals surface area contributed by atoms with Crippen LogP contribution in [0.4, 0.5) is 5.69 Å². The Kier molecular flexibility index (Phi) is 3.88. The molecule has 0 aliphatic rings. The highest BCUT2D eigenvalue weighted by molar-refractivity contribution is 5.41. The Labute approximate surface area is 108 Å². The Balaban J connectivity index is 2.11. The first-order chi connectivity index (χ1) is 8.66. The van der Waals surface area contributed by atoms with Crippen LogP contribution in [0, 0.1) is 0 Å². The molecule has 0 aliphatic carbocycles. The molecule has 18 heavy (non-hydrogen) atoms. The van der Waals surface area contributed by atoms with Gasteiger partial charge in [-0.3, -0.25) is 0 Å². The van der Waals surface area contributed by atoms with E-state index in [-0.39, 0.29) is 0 Å². The van der Waals surface area contributed by atoms with Crippen molar-refractivity contribution in [1.29, 1.82) is 0 Å². The molecule has 0 unspecified atom stereocenters. The zero-order valence-electron chi connectivity index (χ0n) is 10.9. The molecule has 0 aliphatic heterocycles. The van der Waals surface area contributed by atoms with Crippen LogP contribution in [-0.2, 0) is 6.61 Å². The number of ether oxygens (including phenoxy) is 1. The quantitative estimate of drug-likeness (QED) is 0.822. The van der Waals surface area contributed by atoms with Crippen LogP contribution in [0.3, 0.4) is 0 Å². The Morgan fingerprint density at radius 1 is 1.06 bits per heavy atom. The number of hydrogen-bond acceptors (Lipinski definition) is 2. The molecule has 2 heteroatoms. The third-order valence-corrected chi connectivity index (χ3v) is 2.89. The minimum absolute atomic E-state index is 0.460. The van der Waals surface area contributed by atoms with Gasteiger partial charge in [0.25, 0.3) is 0 Å². The molecule has 0 radical (unpaired) electrons. The maximum Gasteiger partial charge on any atom is 0.123 e. The number of benzene rings is 2. The van der Waals surface area contributed by atoms with E-state index in [0.717, 1.165) is 17.0 Å². The van der Waals surface area contributed by atoms with Crippen molar-refractivity contribution in [3.63, 3.8) is 0 Å². The van der Waals surface area contributed by atoms with E-state index in [4.69, 9.17) is 10.5 Å². The number of nitrogens with two attached hydrogens (primary N) is 1. The molecule has 0 saturated heterocycles. The van der Waals surface area contributed by atoms with E-state index in [1.165, 1.54) is 5.56 Å². The van der Waals surface area contributed by atoms with Crippen LogP contribution in [-0.4, -0.2) is 0 Å². The van der Waals surface area contributed by atoms with Crippen LogP contribution in [0.1, 0.15) is 30.9 Å². The Morgan fingerprint density at radius 2 is 1.83 bits per heavy atom. The SMILES string of the molecule is CC(C)c1ccccc1OCc1cccc(N)c1. The lowest BCUT2D eigenvalue weighted by atomic mass is 10.0. The Bertz CT molecular complexity index is 520. The van der Waals surface area contributed by atoms with Gasteiger partial charge in [-0.2, -0.15) is 0 Å². The highest BCUT2D eigenvalue weighted by atomic mass is 16.5. The van der Waals surface area contributed by atoms with Gasteiger partial charge in [-0.05, 0) is 35.2 Å². The van der Waals surface area contributed by atoms with Crippen molar-refractivity contribution in [2.45, 2.75) is 26.4 Å². The van der Waals surface area contributed by atoms with Gasteiger partial charge in [0.1, 0.15) is 12.4 Å². The lowest BCUT2D eigenvalue weighted by molar-refractivity contribution is 0.302. The first-order valence-electron chi connectivity index (χ1n) is 6.23. The second-order valence-electron chi connectivity index (χ2n) is 4.73. The van der Waals surface area contributed by atoms with E-state index in [9.17, 15) is 0 Å². The van der Waals surface area contributed by atoms with Crippen LogP contribution < -0.4 is 10.5 Å². The van der Waals surface area contributed by atoms with E-state index < -0.39 is 0 Å². The fraction of sp³-hybridized carbons (Fsp3) is 0.250. The van der Waals surface area contributed by atoms with E-state index in [0.29, 0.717) is 12.5 Å². The molecule has 0 amide bonds. The Hall–Kier alpha value is -1.96. The Morgan fingerprint density at radius 3 is 2.56 bits per heavy atom. The average Bonchev–Trinajstić information content (AvgIpc) is 2.37. The molecule has 0 spiro atoms. The third-order valence-electron chi connectivity index (χ3n) is 2.89. The lowest BCUT2D eigenvalue weighted by Gasteiger charge is -2.14. The summed E-state index contributed by atoms with van der Waals surface area (Å²) in [5, 5.41) is 0. The van der Waals surface area contributed by atoms with Crippen molar-refractivity contribution in [3.05, 3.63) is 59.7 Å². The summed E-state index contributed by atoms with van der Waals surface area (Å²) in [7, 11) is 0. The summed E-state index contributed by atoms with van der Waals surface area (Å²) in [5.41, 5.74) is 8.85. The molecule has 2 aromatic carbocycles. The molecule has 0 aromatic heterocycles. The van der Waals surface area contributed by atoms with Gasteiger partial charge in [-0.25, -0.2) is 0 Å². The van der Waals surface area contributed by atoms with Gasteiger partial charge in [0.2, 0.25) is 0 Å². The summed E-state index contributed by atoms with van der Waals surface area (Å²) in [5.74, 6) is 1.41. The van der Waals surface area contributed by atoms with E-state index in [1.54, 1.807) is 0 Å². The van der Waals surface area contributed by atoms with Crippen molar-refractivity contribution in [1.82, 2.24) is 0 Å². The molecular weight excluding hydrogens is 222 g/mol. The number of rotatable bonds is 4. The number of para-hydroxylation sites is 1. The fourth-order valence-electron chi connectivity index (χ4n) is 1.93. The van der Waals surface area contributed by atoms with Gasteiger partial charge in [-0.15, -0.1) is 0 Å². The predicted molar refractivity (Wildman–Crippen MR) is 75.7 cm³/mol. The monoisotopic (exact) mass is 241 g/mol. The maximum atomic E-state index is 5.88. The van der Waals surface area contributed by atoms with E-state index >= 15 is 0 Å². The zero-order chi connectivity index (χ0) is 13.0. The van der Waals surface area contributed by atoms with Gasteiger partial charge < -0.3 is 10.5 Å². The molecule has 0 saturated carbocycles. The van der Waals surface area contributed by atoms with Crippen molar-refractivity contribution >= 4 is 5.69 Å². The molecule has 0 bridgehead atoms. The smallest absolute Gasteiger partial charge is 0.123 e. The van der Waals surface area contributed by atoms with Crippen LogP contribution in [0.5, 0.6) is 5.75 Å². The number of anilines is 1. The molecule has 2 rings (SSSR count). The van der Waals surface area contributed by atoms with Crippen LogP contribution in [0.2, 0.25) is 0 Å². The van der Waals surface area contributed by atoms with Gasteiger partial charge in [0, 0.05) is 5.69 Å². The highest BCUT2D eigenvalue weighted by Gasteiger charge is 2.06.